The Balaban J connectivity index is 1.83. The molecule has 1 amide bonds. The summed E-state index contributed by atoms with van der Waals surface area (Å²) in [6.07, 6.45) is 7.10. The molecule has 1 saturated heterocycles. The van der Waals surface area contributed by atoms with Gasteiger partial charge in [0, 0.05) is 29.8 Å². The lowest BCUT2D eigenvalue weighted by Gasteiger charge is -2.44. The van der Waals surface area contributed by atoms with E-state index in [4.69, 9.17) is 0 Å². The highest BCUT2D eigenvalue weighted by Gasteiger charge is 2.36. The summed E-state index contributed by atoms with van der Waals surface area (Å²) < 4.78 is 0. The smallest absolute Gasteiger partial charge is 0.272 e. The van der Waals surface area contributed by atoms with Crippen LogP contribution in [0.25, 0.3) is 0 Å². The fourth-order valence-electron chi connectivity index (χ4n) is 4.04. The molecule has 5 heteroatoms. The van der Waals surface area contributed by atoms with Gasteiger partial charge in [0.15, 0.2) is 0 Å². The third-order valence-corrected chi connectivity index (χ3v) is 5.14. The van der Waals surface area contributed by atoms with Crippen molar-refractivity contribution in [3.05, 3.63) is 39.4 Å². The van der Waals surface area contributed by atoms with Gasteiger partial charge in [0.1, 0.15) is 0 Å². The van der Waals surface area contributed by atoms with Gasteiger partial charge in [-0.2, -0.15) is 0 Å². The Morgan fingerprint density at radius 2 is 1.95 bits per heavy atom. The van der Waals surface area contributed by atoms with Gasteiger partial charge in [-0.05, 0) is 50.7 Å². The van der Waals surface area contributed by atoms with Crippen LogP contribution in [0.4, 0.5) is 5.69 Å². The molecular formula is C17H22N2O3. The Kier molecular flexibility index (Phi) is 4.14. The van der Waals surface area contributed by atoms with Gasteiger partial charge in [-0.25, -0.2) is 0 Å². The number of carbonyl (C=O) groups excluding carboxylic acids is 1. The molecule has 1 heterocycles. The fourth-order valence-corrected chi connectivity index (χ4v) is 4.04. The number of hydrogen-bond donors (Lipinski definition) is 0. The van der Waals surface area contributed by atoms with Crippen LogP contribution in [-0.4, -0.2) is 28.3 Å². The van der Waals surface area contributed by atoms with Crippen LogP contribution in [0.2, 0.25) is 0 Å². The molecule has 22 heavy (non-hydrogen) atoms. The summed E-state index contributed by atoms with van der Waals surface area (Å²) in [5.41, 5.74) is 1.20. The molecule has 5 nitrogen and oxygen atoms in total. The van der Waals surface area contributed by atoms with Crippen molar-refractivity contribution in [3.8, 4) is 0 Å². The highest BCUT2D eigenvalue weighted by Crippen LogP contribution is 2.36. The van der Waals surface area contributed by atoms with Gasteiger partial charge < -0.3 is 4.90 Å². The number of rotatable bonds is 2. The number of aryl methyl sites for hydroxylation is 1. The van der Waals surface area contributed by atoms with Crippen LogP contribution in [0.5, 0.6) is 0 Å². The zero-order chi connectivity index (χ0) is 15.7. The zero-order valence-electron chi connectivity index (χ0n) is 13.0. The molecule has 0 aromatic heterocycles. The molecule has 1 aliphatic heterocycles. The highest BCUT2D eigenvalue weighted by atomic mass is 16.6. The van der Waals surface area contributed by atoms with Gasteiger partial charge in [-0.15, -0.1) is 0 Å². The molecule has 2 atom stereocenters. The number of piperidine rings is 1. The van der Waals surface area contributed by atoms with E-state index >= 15 is 0 Å². The molecule has 1 saturated carbocycles. The predicted molar refractivity (Wildman–Crippen MR) is 83.8 cm³/mol. The molecule has 0 N–H and O–H groups in total. The first-order valence-corrected chi connectivity index (χ1v) is 8.14. The summed E-state index contributed by atoms with van der Waals surface area (Å²) >= 11 is 0. The summed E-state index contributed by atoms with van der Waals surface area (Å²) in [5, 5.41) is 10.9. The first kappa shape index (κ1) is 15.0. The first-order valence-electron chi connectivity index (χ1n) is 8.14. The van der Waals surface area contributed by atoms with E-state index in [1.165, 1.54) is 31.7 Å². The van der Waals surface area contributed by atoms with E-state index in [1.807, 2.05) is 4.90 Å². The third kappa shape index (κ3) is 2.72. The average molecular weight is 302 g/mol. The Hall–Kier alpha value is -1.91. The zero-order valence-corrected chi connectivity index (χ0v) is 13.0. The molecule has 1 aromatic rings. The van der Waals surface area contributed by atoms with Crippen LogP contribution in [0.15, 0.2) is 18.2 Å². The van der Waals surface area contributed by atoms with E-state index in [2.05, 4.69) is 0 Å². The minimum atomic E-state index is -0.401. The predicted octanol–water partition coefficient (Wildman–Crippen LogP) is 3.70. The van der Waals surface area contributed by atoms with Crippen LogP contribution < -0.4 is 0 Å². The molecule has 0 spiro atoms. The van der Waals surface area contributed by atoms with Crippen molar-refractivity contribution < 1.29 is 9.72 Å². The number of nitrogens with zero attached hydrogens (tertiary/aromatic N) is 2. The van der Waals surface area contributed by atoms with Crippen molar-refractivity contribution in [1.29, 1.82) is 0 Å². The number of fused-ring (bicyclic) bond motifs is 1. The van der Waals surface area contributed by atoms with Gasteiger partial charge >= 0.3 is 0 Å². The van der Waals surface area contributed by atoms with Crippen molar-refractivity contribution in [1.82, 2.24) is 4.90 Å². The Labute approximate surface area is 130 Å². The maximum Gasteiger partial charge on any atom is 0.272 e. The molecule has 0 bridgehead atoms. The number of carbonyl (C=O) groups is 1. The van der Waals surface area contributed by atoms with E-state index in [9.17, 15) is 14.9 Å². The summed E-state index contributed by atoms with van der Waals surface area (Å²) in [7, 11) is 0. The topological polar surface area (TPSA) is 63.5 Å². The molecule has 0 radical (unpaired) electrons. The largest absolute Gasteiger partial charge is 0.335 e. The lowest BCUT2D eigenvalue weighted by Crippen LogP contribution is -2.49. The minimum Gasteiger partial charge on any atom is -0.335 e. The maximum absolute atomic E-state index is 12.8. The number of nitro benzene ring substituents is 1. The maximum atomic E-state index is 12.8. The third-order valence-electron chi connectivity index (χ3n) is 5.14. The van der Waals surface area contributed by atoms with E-state index in [0.717, 1.165) is 19.4 Å². The molecule has 1 aliphatic carbocycles. The molecule has 118 valence electrons. The Morgan fingerprint density at radius 1 is 1.23 bits per heavy atom. The molecular weight excluding hydrogens is 280 g/mol. The SMILES string of the molecule is Cc1cc(C(=O)N2CCC[C@@H]3CCCC[C@H]32)ccc1[N+](=O)[O-]. The van der Waals surface area contributed by atoms with Crippen molar-refractivity contribution in [2.45, 2.75) is 51.5 Å². The number of nitro groups is 1. The van der Waals surface area contributed by atoms with E-state index < -0.39 is 4.92 Å². The van der Waals surface area contributed by atoms with Crippen LogP contribution in [-0.2, 0) is 0 Å². The average Bonchev–Trinajstić information content (AvgIpc) is 2.53. The number of likely N-dealkylation sites (tertiary alicyclic amines) is 1. The standard InChI is InChI=1S/C17H22N2O3/c1-12-11-14(8-9-15(12)19(21)22)17(20)18-10-4-6-13-5-2-3-7-16(13)18/h8-9,11,13,16H,2-7,10H2,1H3/t13-,16+/m0/s1. The number of benzene rings is 1. The first-order chi connectivity index (χ1) is 10.6. The van der Waals surface area contributed by atoms with Crippen LogP contribution in [0, 0.1) is 23.0 Å². The quantitative estimate of drug-likeness (QED) is 0.618. The highest BCUT2D eigenvalue weighted by molar-refractivity contribution is 5.95. The van der Waals surface area contributed by atoms with Crippen molar-refractivity contribution in [2.24, 2.45) is 5.92 Å². The number of hydrogen-bond acceptors (Lipinski definition) is 3. The van der Waals surface area contributed by atoms with Crippen LogP contribution >= 0.6 is 0 Å². The van der Waals surface area contributed by atoms with Crippen LogP contribution in [0.1, 0.15) is 54.4 Å². The van der Waals surface area contributed by atoms with Gasteiger partial charge in [0.25, 0.3) is 11.6 Å². The van der Waals surface area contributed by atoms with Crippen molar-refractivity contribution in [2.75, 3.05) is 6.54 Å². The van der Waals surface area contributed by atoms with Gasteiger partial charge in [0.05, 0.1) is 4.92 Å². The lowest BCUT2D eigenvalue weighted by molar-refractivity contribution is -0.385. The molecule has 1 aromatic carbocycles. The summed E-state index contributed by atoms with van der Waals surface area (Å²) in [6.45, 7) is 2.50. The van der Waals surface area contributed by atoms with Gasteiger partial charge in [0.2, 0.25) is 0 Å². The second-order valence-electron chi connectivity index (χ2n) is 6.51. The van der Waals surface area contributed by atoms with Crippen molar-refractivity contribution in [3.63, 3.8) is 0 Å². The lowest BCUT2D eigenvalue weighted by atomic mass is 9.78. The van der Waals surface area contributed by atoms with Gasteiger partial charge in [-0.1, -0.05) is 12.8 Å². The van der Waals surface area contributed by atoms with Crippen LogP contribution in [0.3, 0.4) is 0 Å². The normalized spacial score (nSPS) is 24.7. The Bertz CT molecular complexity index is 598. The summed E-state index contributed by atoms with van der Waals surface area (Å²) in [4.78, 5) is 25.4. The molecule has 0 unspecified atom stereocenters. The summed E-state index contributed by atoms with van der Waals surface area (Å²) in [6, 6.07) is 5.07. The number of amides is 1. The minimum absolute atomic E-state index is 0.0367. The second-order valence-corrected chi connectivity index (χ2v) is 6.51. The molecule has 2 fully saturated rings. The van der Waals surface area contributed by atoms with E-state index in [-0.39, 0.29) is 11.6 Å². The molecule has 3 rings (SSSR count). The second kappa shape index (κ2) is 6.07. The fraction of sp³-hybridized carbons (Fsp3) is 0.588. The Morgan fingerprint density at radius 3 is 2.68 bits per heavy atom. The monoisotopic (exact) mass is 302 g/mol. The van der Waals surface area contributed by atoms with Gasteiger partial charge in [-0.3, -0.25) is 14.9 Å². The summed E-state index contributed by atoms with van der Waals surface area (Å²) in [5.74, 6) is 0.681. The van der Waals surface area contributed by atoms with Crippen molar-refractivity contribution >= 4 is 11.6 Å². The van der Waals surface area contributed by atoms with E-state index in [0.29, 0.717) is 23.1 Å². The van der Waals surface area contributed by atoms with E-state index in [1.54, 1.807) is 19.1 Å². The molecule has 2 aliphatic rings.